The summed E-state index contributed by atoms with van der Waals surface area (Å²) in [6.07, 6.45) is 1.46. The molecule has 0 saturated carbocycles. The Morgan fingerprint density at radius 1 is 1.47 bits per heavy atom. The minimum absolute atomic E-state index is 0.149. The summed E-state index contributed by atoms with van der Waals surface area (Å²) in [6.45, 7) is 1.19. The molecule has 6 heteroatoms. The Kier molecular flexibility index (Phi) is 3.01. The van der Waals surface area contributed by atoms with Crippen molar-refractivity contribution < 1.29 is 13.5 Å². The lowest BCUT2D eigenvalue weighted by Crippen LogP contribution is -2.22. The van der Waals surface area contributed by atoms with E-state index in [1.165, 1.54) is 6.07 Å². The van der Waals surface area contributed by atoms with E-state index in [9.17, 15) is 13.5 Å². The molecule has 1 aliphatic rings. The molecule has 0 spiro atoms. The van der Waals surface area contributed by atoms with Gasteiger partial charge in [-0.1, -0.05) is 6.07 Å². The van der Waals surface area contributed by atoms with E-state index in [0.717, 1.165) is 6.26 Å². The van der Waals surface area contributed by atoms with Gasteiger partial charge in [-0.2, -0.15) is 0 Å². The van der Waals surface area contributed by atoms with Crippen LogP contribution in [0.25, 0.3) is 0 Å². The number of nitrogens with two attached hydrogens (primary N) is 1. The molecule has 3 N–H and O–H groups in total. The van der Waals surface area contributed by atoms with E-state index in [1.54, 1.807) is 12.1 Å². The number of para-hydroxylation sites is 1. The molecule has 5 nitrogen and oxygen atoms in total. The fraction of sp³-hybridized carbons (Fsp3) is 0.455. The van der Waals surface area contributed by atoms with E-state index in [4.69, 9.17) is 5.73 Å². The predicted octanol–water partition coefficient (Wildman–Crippen LogP) is 0.243. The van der Waals surface area contributed by atoms with Crippen LogP contribution in [0, 0.1) is 0 Å². The number of anilines is 2. The number of hydrogen-bond donors (Lipinski definition) is 2. The number of nitrogen functional groups attached to an aromatic ring is 1. The number of aliphatic hydroxyl groups excluding tert-OH is 1. The summed E-state index contributed by atoms with van der Waals surface area (Å²) in [7, 11) is -3.31. The van der Waals surface area contributed by atoms with E-state index in [-0.39, 0.29) is 16.7 Å². The molecule has 94 valence electrons. The molecule has 0 amide bonds. The van der Waals surface area contributed by atoms with Crippen molar-refractivity contribution in [3.8, 4) is 0 Å². The first-order valence-electron chi connectivity index (χ1n) is 5.41. The first-order chi connectivity index (χ1) is 7.89. The fourth-order valence-electron chi connectivity index (χ4n) is 2.09. The Balaban J connectivity index is 2.43. The largest absolute Gasteiger partial charge is 0.396 e. The molecule has 0 aromatic heterocycles. The van der Waals surface area contributed by atoms with Crippen molar-refractivity contribution in [2.24, 2.45) is 0 Å². The Morgan fingerprint density at radius 2 is 2.18 bits per heavy atom. The number of hydrogen-bond acceptors (Lipinski definition) is 5. The van der Waals surface area contributed by atoms with Gasteiger partial charge < -0.3 is 15.7 Å². The van der Waals surface area contributed by atoms with Crippen LogP contribution in [0.1, 0.15) is 6.42 Å². The summed E-state index contributed by atoms with van der Waals surface area (Å²) in [5.74, 6) is 0. The zero-order chi connectivity index (χ0) is 12.6. The van der Waals surface area contributed by atoms with Crippen molar-refractivity contribution in [3.05, 3.63) is 18.2 Å². The average Bonchev–Trinajstić information content (AvgIpc) is 2.63. The van der Waals surface area contributed by atoms with Crippen LogP contribution in [0.15, 0.2) is 23.1 Å². The fourth-order valence-corrected chi connectivity index (χ4v) is 2.92. The molecule has 1 heterocycles. The van der Waals surface area contributed by atoms with E-state index in [1.807, 2.05) is 4.90 Å². The molecule has 0 aliphatic carbocycles. The van der Waals surface area contributed by atoms with Crippen LogP contribution < -0.4 is 10.6 Å². The quantitative estimate of drug-likeness (QED) is 0.741. The lowest BCUT2D eigenvalue weighted by atomic mass is 10.2. The Labute approximate surface area is 101 Å². The van der Waals surface area contributed by atoms with Crippen LogP contribution in [-0.4, -0.2) is 39.0 Å². The molecule has 1 aromatic carbocycles. The molecule has 1 aromatic rings. The van der Waals surface area contributed by atoms with Crippen molar-refractivity contribution in [1.29, 1.82) is 0 Å². The average molecular weight is 256 g/mol. The van der Waals surface area contributed by atoms with Gasteiger partial charge in [0.2, 0.25) is 0 Å². The number of aliphatic hydroxyl groups is 1. The molecular formula is C11H16N2O3S. The summed E-state index contributed by atoms with van der Waals surface area (Å²) < 4.78 is 23.1. The number of rotatable bonds is 2. The molecule has 17 heavy (non-hydrogen) atoms. The highest BCUT2D eigenvalue weighted by molar-refractivity contribution is 7.90. The monoisotopic (exact) mass is 256 g/mol. The highest BCUT2D eigenvalue weighted by Crippen LogP contribution is 2.31. The zero-order valence-electron chi connectivity index (χ0n) is 9.63. The first kappa shape index (κ1) is 12.2. The Hall–Kier alpha value is -1.27. The molecular weight excluding hydrogens is 240 g/mol. The van der Waals surface area contributed by atoms with E-state index < -0.39 is 9.84 Å². The van der Waals surface area contributed by atoms with Crippen LogP contribution in [0.4, 0.5) is 11.4 Å². The van der Waals surface area contributed by atoms with Crippen molar-refractivity contribution in [2.45, 2.75) is 17.4 Å². The molecule has 0 bridgehead atoms. The van der Waals surface area contributed by atoms with Gasteiger partial charge >= 0.3 is 0 Å². The predicted molar refractivity (Wildman–Crippen MR) is 66.8 cm³/mol. The highest BCUT2D eigenvalue weighted by Gasteiger charge is 2.24. The van der Waals surface area contributed by atoms with Gasteiger partial charge in [0.25, 0.3) is 0 Å². The number of nitrogens with zero attached hydrogens (tertiary/aromatic N) is 1. The maximum atomic E-state index is 11.5. The highest BCUT2D eigenvalue weighted by atomic mass is 32.2. The third-order valence-electron chi connectivity index (χ3n) is 2.95. The molecule has 1 unspecified atom stereocenters. The van der Waals surface area contributed by atoms with Gasteiger partial charge in [0.05, 0.1) is 22.4 Å². The van der Waals surface area contributed by atoms with Crippen LogP contribution in [-0.2, 0) is 9.84 Å². The van der Waals surface area contributed by atoms with Gasteiger partial charge in [-0.05, 0) is 18.6 Å². The van der Waals surface area contributed by atoms with Crippen molar-refractivity contribution in [3.63, 3.8) is 0 Å². The number of benzene rings is 1. The summed E-state index contributed by atoms with van der Waals surface area (Å²) in [5.41, 5.74) is 6.84. The van der Waals surface area contributed by atoms with Crippen LogP contribution >= 0.6 is 0 Å². The van der Waals surface area contributed by atoms with Gasteiger partial charge in [-0.15, -0.1) is 0 Å². The van der Waals surface area contributed by atoms with Gasteiger partial charge in [0.15, 0.2) is 9.84 Å². The Morgan fingerprint density at radius 3 is 2.71 bits per heavy atom. The molecule has 1 aliphatic heterocycles. The smallest absolute Gasteiger partial charge is 0.177 e. The van der Waals surface area contributed by atoms with Crippen molar-refractivity contribution in [2.75, 3.05) is 30.0 Å². The minimum Gasteiger partial charge on any atom is -0.396 e. The molecule has 1 atom stereocenters. The van der Waals surface area contributed by atoms with Gasteiger partial charge in [-0.25, -0.2) is 8.42 Å². The summed E-state index contributed by atoms with van der Waals surface area (Å²) in [4.78, 5) is 2.06. The maximum Gasteiger partial charge on any atom is 0.177 e. The second-order valence-electron chi connectivity index (χ2n) is 4.35. The van der Waals surface area contributed by atoms with E-state index >= 15 is 0 Å². The van der Waals surface area contributed by atoms with Gasteiger partial charge in [0, 0.05) is 19.3 Å². The second-order valence-corrected chi connectivity index (χ2v) is 6.33. The normalized spacial score (nSPS) is 20.8. The zero-order valence-corrected chi connectivity index (χ0v) is 10.4. The van der Waals surface area contributed by atoms with E-state index in [0.29, 0.717) is 25.2 Å². The SMILES string of the molecule is CS(=O)(=O)c1cccc(N2CCC(O)C2)c1N. The number of sulfone groups is 1. The standard InChI is InChI=1S/C11H16N2O3S/c1-17(15,16)10-4-2-3-9(11(10)12)13-6-5-8(14)7-13/h2-4,8,14H,5-7,12H2,1H3. The molecule has 0 radical (unpaired) electrons. The first-order valence-corrected chi connectivity index (χ1v) is 7.30. The second kappa shape index (κ2) is 4.19. The summed E-state index contributed by atoms with van der Waals surface area (Å²) >= 11 is 0. The maximum absolute atomic E-state index is 11.5. The van der Waals surface area contributed by atoms with Crippen LogP contribution in [0.3, 0.4) is 0 Å². The minimum atomic E-state index is -3.31. The Bertz CT molecular complexity index is 528. The third-order valence-corrected chi connectivity index (χ3v) is 4.10. The lowest BCUT2D eigenvalue weighted by molar-refractivity contribution is 0.198. The topological polar surface area (TPSA) is 83.6 Å². The van der Waals surface area contributed by atoms with Gasteiger partial charge in [0.1, 0.15) is 0 Å². The summed E-state index contributed by atoms with van der Waals surface area (Å²) in [5, 5.41) is 9.48. The molecule has 2 rings (SSSR count). The lowest BCUT2D eigenvalue weighted by Gasteiger charge is -2.21. The molecule has 1 fully saturated rings. The van der Waals surface area contributed by atoms with Crippen LogP contribution in [0.2, 0.25) is 0 Å². The van der Waals surface area contributed by atoms with Crippen molar-refractivity contribution in [1.82, 2.24) is 0 Å². The van der Waals surface area contributed by atoms with Crippen LogP contribution in [0.5, 0.6) is 0 Å². The molecule has 1 saturated heterocycles. The van der Waals surface area contributed by atoms with Gasteiger partial charge in [-0.3, -0.25) is 0 Å². The van der Waals surface area contributed by atoms with Crippen molar-refractivity contribution >= 4 is 21.2 Å². The number of β-amino-alcohol motifs (C(OH)–C–C–N with tert-alkyl or cyclic N) is 1. The third kappa shape index (κ3) is 2.37. The van der Waals surface area contributed by atoms with E-state index in [2.05, 4.69) is 0 Å². The summed E-state index contributed by atoms with van der Waals surface area (Å²) in [6, 6.07) is 4.95.